The zero-order valence-electron chi connectivity index (χ0n) is 14.7. The third-order valence-electron chi connectivity index (χ3n) is 4.16. The van der Waals surface area contributed by atoms with Gasteiger partial charge in [-0.25, -0.2) is 0 Å². The molecule has 1 aromatic heterocycles. The van der Waals surface area contributed by atoms with Crippen molar-refractivity contribution >= 4 is 27.3 Å². The molecule has 3 nitrogen and oxygen atoms in total. The highest BCUT2D eigenvalue weighted by atomic mass is 32.1. The lowest BCUT2D eigenvalue weighted by molar-refractivity contribution is -0.121. The molecule has 0 saturated carbocycles. The molecule has 1 amide bonds. The first-order valence-electron chi connectivity index (χ1n) is 8.54. The largest absolute Gasteiger partial charge is 0.351 e. The van der Waals surface area contributed by atoms with Gasteiger partial charge in [0.1, 0.15) is 0 Å². The average Bonchev–Trinajstić information content (AvgIpc) is 3.02. The summed E-state index contributed by atoms with van der Waals surface area (Å²) in [6.07, 6.45) is 1.26. The smallest absolute Gasteiger partial charge is 0.224 e. The number of carbonyl (C=O) groups excluding carboxylic acids is 1. The Balaban J connectivity index is 1.64. The summed E-state index contributed by atoms with van der Waals surface area (Å²) >= 11 is 1.73. The lowest BCUT2D eigenvalue weighted by Crippen LogP contribution is -2.43. The molecular formula is C21H24N2OS. The average molecular weight is 353 g/mol. The maximum Gasteiger partial charge on any atom is 0.224 e. The molecule has 1 heterocycles. The molecule has 0 radical (unpaired) electrons. The molecule has 3 aromatic rings. The maximum absolute atomic E-state index is 12.5. The van der Waals surface area contributed by atoms with Gasteiger partial charge in [-0.2, -0.15) is 0 Å². The van der Waals surface area contributed by atoms with Crippen LogP contribution in [0.5, 0.6) is 0 Å². The molecule has 0 aliphatic heterocycles. The summed E-state index contributed by atoms with van der Waals surface area (Å²) in [7, 11) is 4.07. The van der Waals surface area contributed by atoms with Crippen molar-refractivity contribution in [3.63, 3.8) is 0 Å². The van der Waals surface area contributed by atoms with Crippen LogP contribution in [0.4, 0.5) is 0 Å². The van der Waals surface area contributed by atoms with Gasteiger partial charge in [0.25, 0.3) is 0 Å². The van der Waals surface area contributed by atoms with E-state index < -0.39 is 0 Å². The lowest BCUT2D eigenvalue weighted by atomic mass is 10.0. The molecule has 2 aromatic carbocycles. The van der Waals surface area contributed by atoms with Gasteiger partial charge >= 0.3 is 0 Å². The van der Waals surface area contributed by atoms with Crippen LogP contribution in [-0.4, -0.2) is 37.5 Å². The number of carbonyl (C=O) groups is 1. The fourth-order valence-corrected chi connectivity index (χ4v) is 3.86. The van der Waals surface area contributed by atoms with E-state index in [2.05, 4.69) is 52.0 Å². The summed E-state index contributed by atoms with van der Waals surface area (Å²) in [5, 5.41) is 6.51. The van der Waals surface area contributed by atoms with Gasteiger partial charge in [-0.15, -0.1) is 11.3 Å². The Morgan fingerprint density at radius 1 is 1.08 bits per heavy atom. The molecule has 25 heavy (non-hydrogen) atoms. The Bertz CT molecular complexity index is 826. The SMILES string of the molecule is CN(C)CC(Cc1ccccc1)NC(=O)Cc1ccc2sccc2c1. The number of fused-ring (bicyclic) bond motifs is 1. The van der Waals surface area contributed by atoms with Crippen LogP contribution in [0.3, 0.4) is 0 Å². The molecule has 4 heteroatoms. The van der Waals surface area contributed by atoms with Crippen LogP contribution < -0.4 is 5.32 Å². The molecule has 1 N–H and O–H groups in total. The van der Waals surface area contributed by atoms with E-state index in [0.717, 1.165) is 18.5 Å². The Labute approximate surface area is 153 Å². The van der Waals surface area contributed by atoms with E-state index in [1.54, 1.807) is 11.3 Å². The zero-order valence-corrected chi connectivity index (χ0v) is 15.6. The van der Waals surface area contributed by atoms with Crippen molar-refractivity contribution in [1.82, 2.24) is 10.2 Å². The topological polar surface area (TPSA) is 32.3 Å². The summed E-state index contributed by atoms with van der Waals surface area (Å²) in [5.74, 6) is 0.0809. The first-order valence-corrected chi connectivity index (χ1v) is 9.42. The first-order chi connectivity index (χ1) is 12.1. The van der Waals surface area contributed by atoms with Gasteiger partial charge in [0.15, 0.2) is 0 Å². The number of nitrogens with zero attached hydrogens (tertiary/aromatic N) is 1. The van der Waals surface area contributed by atoms with E-state index in [1.165, 1.54) is 15.6 Å². The highest BCUT2D eigenvalue weighted by Gasteiger charge is 2.14. The molecular weight excluding hydrogens is 328 g/mol. The molecule has 0 spiro atoms. The minimum absolute atomic E-state index is 0.0809. The van der Waals surface area contributed by atoms with Crippen molar-refractivity contribution in [2.75, 3.05) is 20.6 Å². The van der Waals surface area contributed by atoms with E-state index in [-0.39, 0.29) is 11.9 Å². The normalized spacial score (nSPS) is 12.4. The van der Waals surface area contributed by atoms with Crippen molar-refractivity contribution in [3.8, 4) is 0 Å². The number of rotatable bonds is 7. The van der Waals surface area contributed by atoms with Gasteiger partial charge in [0.05, 0.1) is 6.42 Å². The second-order valence-corrected chi connectivity index (χ2v) is 7.63. The summed E-state index contributed by atoms with van der Waals surface area (Å²) in [6, 6.07) is 18.8. The molecule has 3 rings (SSSR count). The highest BCUT2D eigenvalue weighted by molar-refractivity contribution is 7.17. The minimum Gasteiger partial charge on any atom is -0.351 e. The maximum atomic E-state index is 12.5. The zero-order chi connectivity index (χ0) is 17.6. The standard InChI is InChI=1S/C21H24N2OS/c1-23(2)15-19(13-16-6-4-3-5-7-16)22-21(24)14-17-8-9-20-18(12-17)10-11-25-20/h3-12,19H,13-15H2,1-2H3,(H,22,24). The van der Waals surface area contributed by atoms with E-state index in [9.17, 15) is 4.79 Å². The Morgan fingerprint density at radius 2 is 1.88 bits per heavy atom. The minimum atomic E-state index is 0.0809. The van der Waals surface area contributed by atoms with Gasteiger partial charge in [-0.05, 0) is 60.6 Å². The van der Waals surface area contributed by atoms with Crippen molar-refractivity contribution < 1.29 is 4.79 Å². The number of hydrogen-bond donors (Lipinski definition) is 1. The van der Waals surface area contributed by atoms with Gasteiger partial charge in [-0.3, -0.25) is 4.79 Å². The predicted molar refractivity (Wildman–Crippen MR) is 106 cm³/mol. The van der Waals surface area contributed by atoms with Crippen LogP contribution in [0.1, 0.15) is 11.1 Å². The molecule has 1 unspecified atom stereocenters. The summed E-state index contributed by atoms with van der Waals surface area (Å²) in [4.78, 5) is 14.7. The van der Waals surface area contributed by atoms with Crippen molar-refractivity contribution in [1.29, 1.82) is 0 Å². The third-order valence-corrected chi connectivity index (χ3v) is 5.05. The number of hydrogen-bond acceptors (Lipinski definition) is 3. The second-order valence-electron chi connectivity index (χ2n) is 6.69. The number of thiophene rings is 1. The predicted octanol–water partition coefficient (Wildman–Crippen LogP) is 3.73. The number of likely N-dealkylation sites (N-methyl/N-ethyl adjacent to an activating group) is 1. The lowest BCUT2D eigenvalue weighted by Gasteiger charge is -2.22. The highest BCUT2D eigenvalue weighted by Crippen LogP contribution is 2.22. The molecule has 130 valence electrons. The van der Waals surface area contributed by atoms with Crippen LogP contribution in [-0.2, 0) is 17.6 Å². The van der Waals surface area contributed by atoms with E-state index >= 15 is 0 Å². The summed E-state index contributed by atoms with van der Waals surface area (Å²) < 4.78 is 1.26. The van der Waals surface area contributed by atoms with Crippen molar-refractivity contribution in [2.45, 2.75) is 18.9 Å². The number of nitrogens with one attached hydrogen (secondary N) is 1. The van der Waals surface area contributed by atoms with Gasteiger partial charge < -0.3 is 10.2 Å². The Hall–Kier alpha value is -2.17. The van der Waals surface area contributed by atoms with Crippen LogP contribution in [0.2, 0.25) is 0 Å². The van der Waals surface area contributed by atoms with Crippen LogP contribution in [0.15, 0.2) is 60.0 Å². The summed E-state index contributed by atoms with van der Waals surface area (Å²) in [5.41, 5.74) is 2.31. The molecule has 0 aliphatic rings. The van der Waals surface area contributed by atoms with E-state index in [1.807, 2.05) is 32.3 Å². The van der Waals surface area contributed by atoms with Crippen LogP contribution >= 0.6 is 11.3 Å². The quantitative estimate of drug-likeness (QED) is 0.703. The second kappa shape index (κ2) is 8.28. The number of amides is 1. The van der Waals surface area contributed by atoms with Gasteiger partial charge in [0.2, 0.25) is 5.91 Å². The molecule has 1 atom stereocenters. The van der Waals surface area contributed by atoms with Crippen molar-refractivity contribution in [3.05, 3.63) is 71.1 Å². The molecule has 0 bridgehead atoms. The summed E-state index contributed by atoms with van der Waals surface area (Å²) in [6.45, 7) is 0.824. The fourth-order valence-electron chi connectivity index (χ4n) is 3.09. The third kappa shape index (κ3) is 5.15. The van der Waals surface area contributed by atoms with E-state index in [4.69, 9.17) is 0 Å². The monoisotopic (exact) mass is 352 g/mol. The first kappa shape index (κ1) is 17.6. The Kier molecular flexibility index (Phi) is 5.84. The molecule has 0 fully saturated rings. The fraction of sp³-hybridized carbons (Fsp3) is 0.286. The van der Waals surface area contributed by atoms with Gasteiger partial charge in [-0.1, -0.05) is 36.4 Å². The van der Waals surface area contributed by atoms with Crippen molar-refractivity contribution in [2.24, 2.45) is 0 Å². The number of benzene rings is 2. The van der Waals surface area contributed by atoms with Gasteiger partial charge in [0, 0.05) is 17.3 Å². The van der Waals surface area contributed by atoms with Crippen LogP contribution in [0.25, 0.3) is 10.1 Å². The Morgan fingerprint density at radius 3 is 2.64 bits per heavy atom. The van der Waals surface area contributed by atoms with Crippen LogP contribution in [0, 0.1) is 0 Å². The van der Waals surface area contributed by atoms with E-state index in [0.29, 0.717) is 6.42 Å². The molecule has 0 saturated heterocycles. The molecule has 0 aliphatic carbocycles.